The molecule has 1 atom stereocenters. The maximum absolute atomic E-state index is 10.4. The highest BCUT2D eigenvalue weighted by Gasteiger charge is 2.09. The number of carbonyl (C=O) groups is 1. The van der Waals surface area contributed by atoms with Crippen molar-refractivity contribution in [1.82, 2.24) is 15.0 Å². The second-order valence-electron chi connectivity index (χ2n) is 3.72. The number of aliphatic hydroxyl groups excluding tert-OH is 1. The molecule has 0 aliphatic rings. The lowest BCUT2D eigenvalue weighted by Crippen LogP contribution is -2.23. The van der Waals surface area contributed by atoms with Gasteiger partial charge in [-0.2, -0.15) is 0 Å². The molecule has 8 heteroatoms. The second-order valence-corrected chi connectivity index (χ2v) is 3.72. The Hall–Kier alpha value is -1.51. The van der Waals surface area contributed by atoms with Gasteiger partial charge in [0.05, 0.1) is 44.6 Å². The number of carboxylic acids is 1. The van der Waals surface area contributed by atoms with Crippen LogP contribution >= 0.6 is 0 Å². The van der Waals surface area contributed by atoms with Crippen molar-refractivity contribution in [3.05, 3.63) is 11.9 Å². The zero-order valence-electron chi connectivity index (χ0n) is 10.2. The van der Waals surface area contributed by atoms with Crippen molar-refractivity contribution in [1.29, 1.82) is 0 Å². The molecule has 0 saturated carbocycles. The van der Waals surface area contributed by atoms with Crippen molar-refractivity contribution in [2.45, 2.75) is 19.1 Å². The summed E-state index contributed by atoms with van der Waals surface area (Å²) >= 11 is 0. The van der Waals surface area contributed by atoms with Crippen LogP contribution in [0.5, 0.6) is 0 Å². The molecule has 0 radical (unpaired) electrons. The third-order valence-electron chi connectivity index (χ3n) is 2.06. The van der Waals surface area contributed by atoms with Crippen molar-refractivity contribution in [2.75, 3.05) is 26.9 Å². The average molecular weight is 259 g/mol. The van der Waals surface area contributed by atoms with E-state index in [4.69, 9.17) is 14.6 Å². The van der Waals surface area contributed by atoms with Gasteiger partial charge in [0, 0.05) is 13.3 Å². The fraction of sp³-hybridized carbons (Fsp3) is 0.700. The van der Waals surface area contributed by atoms with Gasteiger partial charge in [-0.1, -0.05) is 5.21 Å². The fourth-order valence-corrected chi connectivity index (χ4v) is 1.29. The minimum absolute atomic E-state index is 0.164. The number of ether oxygens (including phenoxy) is 2. The van der Waals surface area contributed by atoms with Gasteiger partial charge >= 0.3 is 5.97 Å². The Balaban J connectivity index is 2.28. The lowest BCUT2D eigenvalue weighted by Gasteiger charge is -2.10. The van der Waals surface area contributed by atoms with Crippen LogP contribution in [0.15, 0.2) is 6.20 Å². The number of rotatable bonds is 9. The molecule has 8 nitrogen and oxygen atoms in total. The zero-order chi connectivity index (χ0) is 13.4. The van der Waals surface area contributed by atoms with E-state index < -0.39 is 12.1 Å². The molecule has 0 fully saturated rings. The molecule has 2 N–H and O–H groups in total. The molecule has 0 bridgehead atoms. The highest BCUT2D eigenvalue weighted by molar-refractivity contribution is 5.69. The molecule has 1 aromatic heterocycles. The monoisotopic (exact) mass is 259 g/mol. The second kappa shape index (κ2) is 7.75. The Bertz CT molecular complexity index is 368. The van der Waals surface area contributed by atoms with Gasteiger partial charge in [-0.05, 0) is 0 Å². The third kappa shape index (κ3) is 5.71. The first kappa shape index (κ1) is 14.6. The number of aliphatic carboxylic acids is 1. The first-order valence-corrected chi connectivity index (χ1v) is 5.47. The smallest absolute Gasteiger partial charge is 0.309 e. The Morgan fingerprint density at radius 1 is 1.56 bits per heavy atom. The largest absolute Gasteiger partial charge is 0.481 e. The molecule has 1 heterocycles. The van der Waals surface area contributed by atoms with Crippen LogP contribution in [0, 0.1) is 0 Å². The fourth-order valence-electron chi connectivity index (χ4n) is 1.29. The molecule has 18 heavy (non-hydrogen) atoms. The minimum atomic E-state index is -0.967. The molecule has 0 aliphatic heterocycles. The van der Waals surface area contributed by atoms with Gasteiger partial charge in [0.1, 0.15) is 0 Å². The predicted molar refractivity (Wildman–Crippen MR) is 60.1 cm³/mol. The van der Waals surface area contributed by atoms with Crippen LogP contribution in [-0.2, 0) is 27.2 Å². The number of aliphatic hydroxyl groups is 1. The molecule has 0 spiro atoms. The number of hydrogen-bond donors (Lipinski definition) is 2. The molecule has 1 unspecified atom stereocenters. The summed E-state index contributed by atoms with van der Waals surface area (Å²) in [6.45, 7) is 1.26. The van der Waals surface area contributed by atoms with E-state index in [9.17, 15) is 9.90 Å². The molecule has 0 aliphatic carbocycles. The van der Waals surface area contributed by atoms with Crippen molar-refractivity contribution in [2.24, 2.45) is 0 Å². The van der Waals surface area contributed by atoms with Gasteiger partial charge in [-0.25, -0.2) is 4.68 Å². The van der Waals surface area contributed by atoms with E-state index in [2.05, 4.69) is 10.3 Å². The lowest BCUT2D eigenvalue weighted by molar-refractivity contribution is -0.136. The molecule has 1 rings (SSSR count). The summed E-state index contributed by atoms with van der Waals surface area (Å²) in [5.41, 5.74) is 0.356. The molecule has 0 saturated heterocycles. The maximum atomic E-state index is 10.4. The number of hydrogen-bond acceptors (Lipinski definition) is 6. The van der Waals surface area contributed by atoms with Gasteiger partial charge in [0.2, 0.25) is 0 Å². The van der Waals surface area contributed by atoms with Gasteiger partial charge in [0.15, 0.2) is 0 Å². The SMILES string of the molecule is COCCOCC(O)Cn1cc(CC(=O)O)nn1. The van der Waals surface area contributed by atoms with E-state index in [1.165, 1.54) is 10.9 Å². The standard InChI is InChI=1S/C10H17N3O5/c1-17-2-3-18-7-9(14)6-13-5-8(11-12-13)4-10(15)16/h5,9,14H,2-4,6-7H2,1H3,(H,15,16). The van der Waals surface area contributed by atoms with Crippen molar-refractivity contribution >= 4 is 5.97 Å². The summed E-state index contributed by atoms with van der Waals surface area (Å²) < 4.78 is 11.3. The van der Waals surface area contributed by atoms with E-state index >= 15 is 0 Å². The van der Waals surface area contributed by atoms with Crippen LogP contribution in [-0.4, -0.2) is 64.2 Å². The Morgan fingerprint density at radius 3 is 3.00 bits per heavy atom. The quantitative estimate of drug-likeness (QED) is 0.544. The zero-order valence-corrected chi connectivity index (χ0v) is 10.2. The van der Waals surface area contributed by atoms with Gasteiger partial charge in [-0.3, -0.25) is 4.79 Å². The number of aromatic nitrogens is 3. The number of carboxylic acid groups (broad SMARTS) is 1. The minimum Gasteiger partial charge on any atom is -0.481 e. The molecular formula is C10H17N3O5. The molecular weight excluding hydrogens is 242 g/mol. The topological polar surface area (TPSA) is 107 Å². The van der Waals surface area contributed by atoms with Crippen molar-refractivity contribution < 1.29 is 24.5 Å². The normalized spacial score (nSPS) is 12.6. The molecule has 1 aromatic rings. The van der Waals surface area contributed by atoms with Crippen LogP contribution in [0.2, 0.25) is 0 Å². The van der Waals surface area contributed by atoms with Gasteiger partial charge in [-0.15, -0.1) is 5.10 Å². The van der Waals surface area contributed by atoms with Crippen LogP contribution < -0.4 is 0 Å². The van der Waals surface area contributed by atoms with E-state index in [1.54, 1.807) is 7.11 Å². The maximum Gasteiger partial charge on any atom is 0.309 e. The highest BCUT2D eigenvalue weighted by atomic mass is 16.5. The number of nitrogens with zero attached hydrogens (tertiary/aromatic N) is 3. The molecule has 0 aromatic carbocycles. The third-order valence-corrected chi connectivity index (χ3v) is 2.06. The predicted octanol–water partition coefficient (Wildman–Crippen LogP) is -1.07. The summed E-state index contributed by atoms with van der Waals surface area (Å²) in [6, 6.07) is 0. The van der Waals surface area contributed by atoms with Crippen molar-refractivity contribution in [3.63, 3.8) is 0 Å². The molecule has 102 valence electrons. The van der Waals surface area contributed by atoms with Crippen LogP contribution in [0.3, 0.4) is 0 Å². The van der Waals surface area contributed by atoms with E-state index in [0.29, 0.717) is 18.9 Å². The highest BCUT2D eigenvalue weighted by Crippen LogP contribution is 1.97. The summed E-state index contributed by atoms with van der Waals surface area (Å²) in [7, 11) is 1.57. The van der Waals surface area contributed by atoms with E-state index in [0.717, 1.165) is 0 Å². The average Bonchev–Trinajstić information content (AvgIpc) is 2.71. The van der Waals surface area contributed by atoms with Gasteiger partial charge < -0.3 is 19.7 Å². The number of methoxy groups -OCH3 is 1. The van der Waals surface area contributed by atoms with E-state index in [-0.39, 0.29) is 19.6 Å². The first-order valence-electron chi connectivity index (χ1n) is 5.47. The first-order chi connectivity index (χ1) is 8.61. The Labute approximate surface area is 104 Å². The van der Waals surface area contributed by atoms with Crippen LogP contribution in [0.1, 0.15) is 5.69 Å². The Morgan fingerprint density at radius 2 is 2.33 bits per heavy atom. The van der Waals surface area contributed by atoms with E-state index in [1.807, 2.05) is 0 Å². The summed E-state index contributed by atoms with van der Waals surface area (Å²) in [4.78, 5) is 10.4. The van der Waals surface area contributed by atoms with Crippen molar-refractivity contribution in [3.8, 4) is 0 Å². The Kier molecular flexibility index (Phi) is 6.26. The molecule has 0 amide bonds. The summed E-state index contributed by atoms with van der Waals surface area (Å²) in [6.07, 6.45) is 0.591. The van der Waals surface area contributed by atoms with Gasteiger partial charge in [0.25, 0.3) is 0 Å². The van der Waals surface area contributed by atoms with Crippen LogP contribution in [0.25, 0.3) is 0 Å². The lowest BCUT2D eigenvalue weighted by atomic mass is 10.3. The summed E-state index contributed by atoms with van der Waals surface area (Å²) in [5.74, 6) is -0.967. The van der Waals surface area contributed by atoms with Crippen LogP contribution in [0.4, 0.5) is 0 Å². The summed E-state index contributed by atoms with van der Waals surface area (Å²) in [5, 5.41) is 25.6.